The molecular weight excluding hydrogens is 459 g/mol. The molecule has 0 aliphatic carbocycles. The van der Waals surface area contributed by atoms with Crippen molar-refractivity contribution in [3.63, 3.8) is 0 Å². The van der Waals surface area contributed by atoms with E-state index in [2.05, 4.69) is 76.6 Å². The zero-order valence-corrected chi connectivity index (χ0v) is 19.7. The van der Waals surface area contributed by atoms with Crippen molar-refractivity contribution in [1.82, 2.24) is 4.98 Å². The maximum atomic E-state index is 6.16. The van der Waals surface area contributed by atoms with Crippen LogP contribution in [0, 0.1) is 0 Å². The number of nitrogens with zero attached hydrogens (tertiary/aromatic N) is 1. The smallest absolute Gasteiger partial charge is 0.0544 e. The van der Waals surface area contributed by atoms with E-state index in [-0.39, 0.29) is 0 Å². The van der Waals surface area contributed by atoms with Gasteiger partial charge in [-0.25, -0.2) is 0 Å². The second kappa shape index (κ2) is 8.57. The fourth-order valence-corrected chi connectivity index (χ4v) is 4.78. The molecule has 0 saturated carbocycles. The van der Waals surface area contributed by atoms with Crippen molar-refractivity contribution in [1.29, 1.82) is 0 Å². The average Bonchev–Trinajstić information content (AvgIpc) is 3.26. The molecule has 1 N–H and O–H groups in total. The Morgan fingerprint density at radius 3 is 1.65 bits per heavy atom. The number of anilines is 3. The maximum Gasteiger partial charge on any atom is 0.0544 e. The Labute approximate surface area is 208 Å². The van der Waals surface area contributed by atoms with Gasteiger partial charge in [-0.2, -0.15) is 0 Å². The Kier molecular flexibility index (Phi) is 5.26. The van der Waals surface area contributed by atoms with Crippen molar-refractivity contribution >= 4 is 62.1 Å². The monoisotopic (exact) mass is 478 g/mol. The lowest BCUT2D eigenvalue weighted by molar-refractivity contribution is 1.28. The molecule has 4 heteroatoms. The van der Waals surface area contributed by atoms with Gasteiger partial charge in [0, 0.05) is 49.0 Å². The van der Waals surface area contributed by atoms with Crippen molar-refractivity contribution in [2.75, 3.05) is 4.90 Å². The first-order valence-corrected chi connectivity index (χ1v) is 11.8. The summed E-state index contributed by atoms with van der Waals surface area (Å²) in [5.74, 6) is 0. The number of halogens is 2. The third-order valence-electron chi connectivity index (χ3n) is 6.15. The fourth-order valence-electron chi connectivity index (χ4n) is 4.53. The summed E-state index contributed by atoms with van der Waals surface area (Å²) in [4.78, 5) is 5.80. The number of hydrogen-bond acceptors (Lipinski definition) is 1. The minimum Gasteiger partial charge on any atom is -0.354 e. The largest absolute Gasteiger partial charge is 0.354 e. The van der Waals surface area contributed by atoms with Gasteiger partial charge in [-0.05, 0) is 72.3 Å². The third-order valence-corrected chi connectivity index (χ3v) is 6.65. The number of benzene rings is 5. The number of rotatable bonds is 4. The first kappa shape index (κ1) is 20.9. The quantitative estimate of drug-likeness (QED) is 0.267. The van der Waals surface area contributed by atoms with E-state index in [0.29, 0.717) is 10.0 Å². The van der Waals surface area contributed by atoms with Crippen molar-refractivity contribution in [2.24, 2.45) is 0 Å². The standard InChI is InChI=1S/C30H20Cl2N2/c31-21-10-16-24(17-11-21)34(25-18-12-22(32)13-19-25)23-14-8-20(9-15-23)26-5-3-6-28-27-4-1-2-7-29(27)33-30(26)28/h1-19,33H. The van der Waals surface area contributed by atoms with Crippen LogP contribution in [0.25, 0.3) is 32.9 Å². The number of H-pyrrole nitrogens is 1. The van der Waals surface area contributed by atoms with E-state index in [4.69, 9.17) is 23.2 Å². The highest BCUT2D eigenvalue weighted by Crippen LogP contribution is 2.38. The predicted octanol–water partition coefficient (Wildman–Crippen LogP) is 9.76. The molecule has 0 fully saturated rings. The minimum absolute atomic E-state index is 0.710. The summed E-state index contributed by atoms with van der Waals surface area (Å²) in [5, 5.41) is 3.90. The molecule has 0 aliphatic heterocycles. The molecule has 6 aromatic rings. The van der Waals surface area contributed by atoms with Gasteiger partial charge in [-0.3, -0.25) is 0 Å². The molecule has 6 rings (SSSR count). The lowest BCUT2D eigenvalue weighted by atomic mass is 10.0. The van der Waals surface area contributed by atoms with Crippen LogP contribution in [0.4, 0.5) is 17.1 Å². The van der Waals surface area contributed by atoms with Gasteiger partial charge in [0.05, 0.1) is 5.52 Å². The molecule has 34 heavy (non-hydrogen) atoms. The Morgan fingerprint density at radius 1 is 0.500 bits per heavy atom. The summed E-state index contributed by atoms with van der Waals surface area (Å²) in [5.41, 5.74) is 7.76. The second-order valence-corrected chi connectivity index (χ2v) is 9.11. The Hall–Kier alpha value is -3.72. The molecule has 0 radical (unpaired) electrons. The number of hydrogen-bond donors (Lipinski definition) is 1. The van der Waals surface area contributed by atoms with Gasteiger partial charge >= 0.3 is 0 Å². The molecule has 5 aromatic carbocycles. The third kappa shape index (κ3) is 3.71. The number of para-hydroxylation sites is 2. The van der Waals surface area contributed by atoms with Crippen molar-refractivity contribution in [3.8, 4) is 11.1 Å². The van der Waals surface area contributed by atoms with Crippen LogP contribution in [0.15, 0.2) is 115 Å². The summed E-state index contributed by atoms with van der Waals surface area (Å²) >= 11 is 12.3. The average molecular weight is 479 g/mol. The Bertz CT molecular complexity index is 1550. The van der Waals surface area contributed by atoms with E-state index in [1.54, 1.807) is 0 Å². The molecule has 0 amide bonds. The van der Waals surface area contributed by atoms with Crippen LogP contribution in [-0.4, -0.2) is 4.98 Å². The fraction of sp³-hybridized carbons (Fsp3) is 0. The van der Waals surface area contributed by atoms with Crippen LogP contribution in [0.3, 0.4) is 0 Å². The van der Waals surface area contributed by atoms with Crippen molar-refractivity contribution in [3.05, 3.63) is 125 Å². The zero-order valence-electron chi connectivity index (χ0n) is 18.2. The molecule has 0 spiro atoms. The number of aromatic amines is 1. The van der Waals surface area contributed by atoms with E-state index in [1.165, 1.54) is 16.3 Å². The van der Waals surface area contributed by atoms with Crippen LogP contribution in [0.1, 0.15) is 0 Å². The minimum atomic E-state index is 0.710. The van der Waals surface area contributed by atoms with Crippen molar-refractivity contribution in [2.45, 2.75) is 0 Å². The lowest BCUT2D eigenvalue weighted by Gasteiger charge is -2.25. The van der Waals surface area contributed by atoms with E-state index < -0.39 is 0 Å². The van der Waals surface area contributed by atoms with Gasteiger partial charge < -0.3 is 9.88 Å². The van der Waals surface area contributed by atoms with Crippen LogP contribution < -0.4 is 4.90 Å². The number of nitrogens with one attached hydrogen (secondary N) is 1. The molecule has 1 aromatic heterocycles. The normalized spacial score (nSPS) is 11.2. The topological polar surface area (TPSA) is 19.0 Å². The molecule has 0 atom stereocenters. The molecule has 1 heterocycles. The first-order valence-electron chi connectivity index (χ1n) is 11.1. The highest BCUT2D eigenvalue weighted by atomic mass is 35.5. The second-order valence-electron chi connectivity index (χ2n) is 8.23. The summed E-state index contributed by atoms with van der Waals surface area (Å²) in [6.45, 7) is 0. The Morgan fingerprint density at radius 2 is 1.03 bits per heavy atom. The first-order chi connectivity index (χ1) is 16.7. The summed E-state index contributed by atoms with van der Waals surface area (Å²) in [6, 6.07) is 39.3. The summed E-state index contributed by atoms with van der Waals surface area (Å²) in [7, 11) is 0. The van der Waals surface area contributed by atoms with E-state index in [0.717, 1.165) is 33.7 Å². The number of aromatic nitrogens is 1. The van der Waals surface area contributed by atoms with Gasteiger partial charge in [0.2, 0.25) is 0 Å². The SMILES string of the molecule is Clc1ccc(N(c2ccc(Cl)cc2)c2ccc(-c3cccc4c3[nH]c3ccccc34)cc2)cc1. The summed E-state index contributed by atoms with van der Waals surface area (Å²) < 4.78 is 0. The molecule has 2 nitrogen and oxygen atoms in total. The van der Waals surface area contributed by atoms with E-state index >= 15 is 0 Å². The molecule has 0 bridgehead atoms. The molecule has 0 aliphatic rings. The highest BCUT2D eigenvalue weighted by Gasteiger charge is 2.14. The maximum absolute atomic E-state index is 6.16. The zero-order chi connectivity index (χ0) is 23.1. The van der Waals surface area contributed by atoms with Gasteiger partial charge in [-0.1, -0.05) is 71.7 Å². The van der Waals surface area contributed by atoms with Crippen LogP contribution in [0.2, 0.25) is 10.0 Å². The molecule has 164 valence electrons. The van der Waals surface area contributed by atoms with Gasteiger partial charge in [0.15, 0.2) is 0 Å². The highest BCUT2D eigenvalue weighted by molar-refractivity contribution is 6.31. The van der Waals surface area contributed by atoms with Crippen LogP contribution in [-0.2, 0) is 0 Å². The Balaban J connectivity index is 1.45. The van der Waals surface area contributed by atoms with Crippen LogP contribution in [0.5, 0.6) is 0 Å². The summed E-state index contributed by atoms with van der Waals surface area (Å²) in [6.07, 6.45) is 0. The lowest BCUT2D eigenvalue weighted by Crippen LogP contribution is -2.09. The molecule has 0 unspecified atom stereocenters. The van der Waals surface area contributed by atoms with E-state index in [9.17, 15) is 0 Å². The van der Waals surface area contributed by atoms with Gasteiger partial charge in [0.1, 0.15) is 0 Å². The van der Waals surface area contributed by atoms with Crippen molar-refractivity contribution < 1.29 is 0 Å². The van der Waals surface area contributed by atoms with Gasteiger partial charge in [-0.15, -0.1) is 0 Å². The molecule has 0 saturated heterocycles. The molecular formula is C30H20Cl2N2. The van der Waals surface area contributed by atoms with Crippen LogP contribution >= 0.6 is 23.2 Å². The van der Waals surface area contributed by atoms with E-state index in [1.807, 2.05) is 48.5 Å². The number of fused-ring (bicyclic) bond motifs is 3. The van der Waals surface area contributed by atoms with Gasteiger partial charge in [0.25, 0.3) is 0 Å². The predicted molar refractivity (Wildman–Crippen MR) is 146 cm³/mol.